The van der Waals surface area contributed by atoms with Gasteiger partial charge in [-0.2, -0.15) is 0 Å². The van der Waals surface area contributed by atoms with Crippen molar-refractivity contribution in [3.63, 3.8) is 0 Å². The maximum absolute atomic E-state index is 12.5. The molecule has 7 nitrogen and oxygen atoms in total. The van der Waals surface area contributed by atoms with Gasteiger partial charge in [-0.05, 0) is 20.3 Å². The van der Waals surface area contributed by atoms with E-state index in [0.29, 0.717) is 13.1 Å². The first-order valence-electron chi connectivity index (χ1n) is 6.74. The van der Waals surface area contributed by atoms with Crippen LogP contribution in [0.1, 0.15) is 33.6 Å². The quantitative estimate of drug-likeness (QED) is 0.787. The van der Waals surface area contributed by atoms with Crippen molar-refractivity contribution in [3.8, 4) is 0 Å². The lowest BCUT2D eigenvalue weighted by Crippen LogP contribution is -2.62. The number of rotatable bonds is 4. The van der Waals surface area contributed by atoms with Crippen molar-refractivity contribution in [2.45, 2.75) is 45.2 Å². The fourth-order valence-electron chi connectivity index (χ4n) is 2.00. The molecule has 0 aliphatic carbocycles. The van der Waals surface area contributed by atoms with E-state index in [1.165, 1.54) is 4.90 Å². The van der Waals surface area contributed by atoms with Gasteiger partial charge in [0.1, 0.15) is 6.04 Å². The third kappa shape index (κ3) is 3.40. The van der Waals surface area contributed by atoms with Crippen LogP contribution in [0.5, 0.6) is 0 Å². The number of carbonyl (C=O) groups is 3. The molecule has 1 aliphatic rings. The summed E-state index contributed by atoms with van der Waals surface area (Å²) in [5, 5.41) is 11.5. The molecule has 1 heterocycles. The van der Waals surface area contributed by atoms with E-state index in [9.17, 15) is 14.4 Å². The van der Waals surface area contributed by atoms with Crippen LogP contribution in [0.4, 0.5) is 4.79 Å². The first-order valence-corrected chi connectivity index (χ1v) is 6.74. The molecule has 1 rings (SSSR count). The van der Waals surface area contributed by atoms with E-state index in [0.717, 1.165) is 6.42 Å². The van der Waals surface area contributed by atoms with Crippen LogP contribution in [-0.4, -0.2) is 64.5 Å². The molecular weight excluding hydrogens is 262 g/mol. The van der Waals surface area contributed by atoms with Crippen molar-refractivity contribution in [3.05, 3.63) is 0 Å². The molecule has 1 aliphatic heterocycles. The van der Waals surface area contributed by atoms with Gasteiger partial charge in [-0.25, -0.2) is 4.79 Å². The average molecular weight is 285 g/mol. The van der Waals surface area contributed by atoms with Gasteiger partial charge in [0.25, 0.3) is 0 Å². The predicted octanol–water partition coefficient (Wildman–Crippen LogP) is 0.502. The second-order valence-electron chi connectivity index (χ2n) is 5.61. The molecule has 0 bridgehead atoms. The number of hydrogen-bond acceptors (Lipinski definition) is 3. The van der Waals surface area contributed by atoms with Crippen LogP contribution in [0, 0.1) is 0 Å². The van der Waals surface area contributed by atoms with Crippen LogP contribution in [0.3, 0.4) is 0 Å². The molecule has 7 heteroatoms. The Balaban J connectivity index is 2.92. The Morgan fingerprint density at radius 1 is 1.50 bits per heavy atom. The van der Waals surface area contributed by atoms with E-state index in [4.69, 9.17) is 5.11 Å². The fraction of sp³-hybridized carbons (Fsp3) is 0.769. The molecule has 20 heavy (non-hydrogen) atoms. The van der Waals surface area contributed by atoms with Gasteiger partial charge in [-0.3, -0.25) is 9.59 Å². The van der Waals surface area contributed by atoms with Crippen LogP contribution >= 0.6 is 0 Å². The second kappa shape index (κ2) is 6.11. The molecule has 0 aromatic heterocycles. The number of amides is 3. The number of nitrogens with zero attached hydrogens (tertiary/aromatic N) is 2. The number of nitrogens with one attached hydrogen (secondary N) is 1. The van der Waals surface area contributed by atoms with Gasteiger partial charge >= 0.3 is 12.0 Å². The van der Waals surface area contributed by atoms with Crippen molar-refractivity contribution in [1.29, 1.82) is 0 Å². The summed E-state index contributed by atoms with van der Waals surface area (Å²) < 4.78 is 0. The summed E-state index contributed by atoms with van der Waals surface area (Å²) in [6.07, 6.45) is 0.386. The summed E-state index contributed by atoms with van der Waals surface area (Å²) in [4.78, 5) is 38.1. The Labute approximate surface area is 118 Å². The maximum atomic E-state index is 12.5. The lowest BCUT2D eigenvalue weighted by atomic mass is 10.00. The standard InChI is InChI=1S/C13H23N3O4/c1-5-13(2,3)15(4)12(20)16-7-6-14-11(19)9(16)8-10(17)18/h9H,5-8H2,1-4H3,(H,14,19)(H,17,18). The second-order valence-corrected chi connectivity index (χ2v) is 5.61. The Hall–Kier alpha value is -1.79. The Morgan fingerprint density at radius 3 is 2.60 bits per heavy atom. The van der Waals surface area contributed by atoms with Crippen LogP contribution in [-0.2, 0) is 9.59 Å². The minimum Gasteiger partial charge on any atom is -0.481 e. The van der Waals surface area contributed by atoms with Crippen molar-refractivity contribution >= 4 is 17.9 Å². The van der Waals surface area contributed by atoms with Crippen LogP contribution in [0.15, 0.2) is 0 Å². The van der Waals surface area contributed by atoms with Gasteiger partial charge in [0.05, 0.1) is 6.42 Å². The van der Waals surface area contributed by atoms with Gasteiger partial charge in [0, 0.05) is 25.7 Å². The number of piperazine rings is 1. The zero-order chi connectivity index (χ0) is 15.5. The van der Waals surface area contributed by atoms with E-state index < -0.39 is 17.9 Å². The summed E-state index contributed by atoms with van der Waals surface area (Å²) in [6.45, 7) is 6.51. The first-order chi connectivity index (χ1) is 9.20. The lowest BCUT2D eigenvalue weighted by Gasteiger charge is -2.42. The van der Waals surface area contributed by atoms with E-state index in [1.54, 1.807) is 11.9 Å². The zero-order valence-corrected chi connectivity index (χ0v) is 12.5. The monoisotopic (exact) mass is 285 g/mol. The van der Waals surface area contributed by atoms with Crippen molar-refractivity contribution in [2.24, 2.45) is 0 Å². The van der Waals surface area contributed by atoms with Gasteiger partial charge in [0.15, 0.2) is 0 Å². The topological polar surface area (TPSA) is 90.0 Å². The third-order valence-electron chi connectivity index (χ3n) is 4.00. The fourth-order valence-corrected chi connectivity index (χ4v) is 2.00. The SMILES string of the molecule is CCC(C)(C)N(C)C(=O)N1CCNC(=O)C1CC(=O)O. The molecule has 1 atom stereocenters. The molecule has 0 radical (unpaired) electrons. The molecule has 2 N–H and O–H groups in total. The van der Waals surface area contributed by atoms with Gasteiger partial charge in [0.2, 0.25) is 5.91 Å². The number of aliphatic carboxylic acids is 1. The Bertz CT molecular complexity index is 408. The van der Waals surface area contributed by atoms with Crippen LogP contribution < -0.4 is 5.32 Å². The van der Waals surface area contributed by atoms with E-state index in [-0.39, 0.29) is 18.0 Å². The number of hydrogen-bond donors (Lipinski definition) is 2. The normalized spacial score (nSPS) is 19.5. The van der Waals surface area contributed by atoms with E-state index in [1.807, 2.05) is 20.8 Å². The van der Waals surface area contributed by atoms with Crippen LogP contribution in [0.25, 0.3) is 0 Å². The summed E-state index contributed by atoms with van der Waals surface area (Å²) in [5.74, 6) is -1.50. The molecule has 1 saturated heterocycles. The van der Waals surface area contributed by atoms with Crippen molar-refractivity contribution < 1.29 is 19.5 Å². The smallest absolute Gasteiger partial charge is 0.320 e. The molecule has 0 saturated carbocycles. The number of carboxylic acid groups (broad SMARTS) is 1. The maximum Gasteiger partial charge on any atom is 0.320 e. The Morgan fingerprint density at radius 2 is 2.10 bits per heavy atom. The summed E-state index contributed by atoms with van der Waals surface area (Å²) in [7, 11) is 1.68. The minimum atomic E-state index is -1.10. The minimum absolute atomic E-state index is 0.307. The van der Waals surface area contributed by atoms with Gasteiger partial charge in [-0.15, -0.1) is 0 Å². The summed E-state index contributed by atoms with van der Waals surface area (Å²) in [5.41, 5.74) is -0.348. The highest BCUT2D eigenvalue weighted by Crippen LogP contribution is 2.20. The third-order valence-corrected chi connectivity index (χ3v) is 4.00. The van der Waals surface area contributed by atoms with E-state index in [2.05, 4.69) is 5.32 Å². The summed E-state index contributed by atoms with van der Waals surface area (Å²) >= 11 is 0. The molecule has 3 amide bonds. The van der Waals surface area contributed by atoms with Crippen molar-refractivity contribution in [2.75, 3.05) is 20.1 Å². The molecular formula is C13H23N3O4. The highest BCUT2D eigenvalue weighted by molar-refractivity contribution is 5.91. The lowest BCUT2D eigenvalue weighted by molar-refractivity contribution is -0.142. The zero-order valence-electron chi connectivity index (χ0n) is 12.5. The number of carboxylic acids is 1. The predicted molar refractivity (Wildman–Crippen MR) is 73.3 cm³/mol. The van der Waals surface area contributed by atoms with Crippen LogP contribution in [0.2, 0.25) is 0 Å². The van der Waals surface area contributed by atoms with Gasteiger partial charge < -0.3 is 20.2 Å². The number of carbonyl (C=O) groups excluding carboxylic acids is 2. The Kier molecular flexibility index (Phi) is 4.97. The van der Waals surface area contributed by atoms with Crippen molar-refractivity contribution in [1.82, 2.24) is 15.1 Å². The molecule has 1 fully saturated rings. The highest BCUT2D eigenvalue weighted by Gasteiger charge is 2.38. The highest BCUT2D eigenvalue weighted by atomic mass is 16.4. The van der Waals surface area contributed by atoms with E-state index >= 15 is 0 Å². The molecule has 1 unspecified atom stereocenters. The largest absolute Gasteiger partial charge is 0.481 e. The molecule has 0 aromatic rings. The summed E-state index contributed by atoms with van der Waals surface area (Å²) in [6, 6.07) is -1.25. The van der Waals surface area contributed by atoms with Gasteiger partial charge in [-0.1, -0.05) is 6.92 Å². The molecule has 114 valence electrons. The average Bonchev–Trinajstić information content (AvgIpc) is 2.39. The first kappa shape index (κ1) is 16.3. The number of urea groups is 1. The molecule has 0 spiro atoms. The molecule has 0 aromatic carbocycles.